The Balaban J connectivity index is 1.23. The summed E-state index contributed by atoms with van der Waals surface area (Å²) in [5.41, 5.74) is 2.72. The third kappa shape index (κ3) is 7.76. The van der Waals surface area contributed by atoms with Crippen LogP contribution in [-0.4, -0.2) is 63.5 Å². The van der Waals surface area contributed by atoms with Crippen LogP contribution >= 0.6 is 0 Å². The van der Waals surface area contributed by atoms with E-state index in [0.29, 0.717) is 24.4 Å². The lowest BCUT2D eigenvalue weighted by Gasteiger charge is -2.34. The summed E-state index contributed by atoms with van der Waals surface area (Å²) in [7, 11) is -3.66. The summed E-state index contributed by atoms with van der Waals surface area (Å²) in [6.45, 7) is 5.70. The van der Waals surface area contributed by atoms with Gasteiger partial charge in [-0.1, -0.05) is 72.8 Å². The molecule has 0 bridgehead atoms. The van der Waals surface area contributed by atoms with Crippen molar-refractivity contribution in [2.75, 3.05) is 39.3 Å². The average Bonchev–Trinajstić information content (AvgIpc) is 2.92. The number of sulfonamides is 1. The van der Waals surface area contributed by atoms with Gasteiger partial charge in [0, 0.05) is 39.3 Å². The monoisotopic (exact) mass is 519 g/mol. The van der Waals surface area contributed by atoms with Crippen LogP contribution in [-0.2, 0) is 21.4 Å². The molecule has 37 heavy (non-hydrogen) atoms. The molecule has 3 aromatic rings. The molecule has 1 heterocycles. The summed E-state index contributed by atoms with van der Waals surface area (Å²) in [5, 5.41) is 0. The van der Waals surface area contributed by atoms with Gasteiger partial charge in [-0.15, -0.1) is 0 Å². The second-order valence-electron chi connectivity index (χ2n) is 9.02. The molecule has 1 fully saturated rings. The predicted molar refractivity (Wildman–Crippen MR) is 146 cm³/mol. The second kappa shape index (κ2) is 12.7. The molecular weight excluding hydrogens is 486 g/mol. The molecule has 4 rings (SSSR count). The molecule has 0 saturated carbocycles. The molecule has 0 aliphatic carbocycles. The van der Waals surface area contributed by atoms with E-state index in [4.69, 9.17) is 4.74 Å². The minimum atomic E-state index is -3.66. The van der Waals surface area contributed by atoms with Gasteiger partial charge < -0.3 is 9.64 Å². The Labute approximate surface area is 219 Å². The minimum absolute atomic E-state index is 0.0693. The molecule has 0 atom stereocenters. The van der Waals surface area contributed by atoms with E-state index in [0.717, 1.165) is 25.2 Å². The normalized spacial score (nSPS) is 14.7. The molecule has 7 nitrogen and oxygen atoms in total. The van der Waals surface area contributed by atoms with Gasteiger partial charge in [0.1, 0.15) is 5.75 Å². The highest BCUT2D eigenvalue weighted by molar-refractivity contribution is 7.89. The van der Waals surface area contributed by atoms with Crippen LogP contribution in [0, 0.1) is 6.92 Å². The molecule has 194 valence electrons. The predicted octanol–water partition coefficient (Wildman–Crippen LogP) is 3.71. The maximum absolute atomic E-state index is 12.7. The molecule has 0 aromatic heterocycles. The molecule has 1 N–H and O–H groups in total. The third-order valence-corrected chi connectivity index (χ3v) is 7.71. The molecule has 1 aliphatic heterocycles. The van der Waals surface area contributed by atoms with Crippen molar-refractivity contribution in [1.29, 1.82) is 0 Å². The first-order valence-electron chi connectivity index (χ1n) is 12.4. The van der Waals surface area contributed by atoms with E-state index in [-0.39, 0.29) is 24.0 Å². The Morgan fingerprint density at radius 2 is 1.62 bits per heavy atom. The van der Waals surface area contributed by atoms with Gasteiger partial charge in [0.15, 0.2) is 6.61 Å². The Hall–Kier alpha value is -3.46. The fraction of sp³-hybridized carbons (Fsp3) is 0.276. The van der Waals surface area contributed by atoms with Crippen molar-refractivity contribution in [1.82, 2.24) is 14.5 Å². The zero-order valence-corrected chi connectivity index (χ0v) is 21.9. The highest BCUT2D eigenvalue weighted by Crippen LogP contribution is 2.22. The van der Waals surface area contributed by atoms with Gasteiger partial charge >= 0.3 is 0 Å². The van der Waals surface area contributed by atoms with Gasteiger partial charge in [0.25, 0.3) is 5.91 Å². The molecule has 0 radical (unpaired) electrons. The van der Waals surface area contributed by atoms with Gasteiger partial charge in [-0.3, -0.25) is 9.69 Å². The van der Waals surface area contributed by atoms with Crippen molar-refractivity contribution in [3.8, 4) is 5.75 Å². The standard InChI is InChI=1S/C29H33N3O4S/c1-24-21-27(37(34,35)30-22-26-11-6-3-7-12-26)14-15-28(24)36-23-29(33)32-19-17-31(18-20-32)16-8-13-25-9-4-2-5-10-25/h2-15,21,30H,16-20,22-23H2,1H3/b13-8+. The molecule has 0 unspecified atom stereocenters. The summed E-state index contributed by atoms with van der Waals surface area (Å²) in [4.78, 5) is 17.0. The van der Waals surface area contributed by atoms with Gasteiger partial charge in [0.05, 0.1) is 4.90 Å². The first-order valence-corrected chi connectivity index (χ1v) is 13.9. The van der Waals surface area contributed by atoms with Crippen molar-refractivity contribution >= 4 is 22.0 Å². The number of benzene rings is 3. The fourth-order valence-electron chi connectivity index (χ4n) is 4.12. The molecule has 1 aliphatic rings. The zero-order valence-electron chi connectivity index (χ0n) is 21.0. The number of hydrogen-bond acceptors (Lipinski definition) is 5. The topological polar surface area (TPSA) is 78.9 Å². The molecule has 1 saturated heterocycles. The van der Waals surface area contributed by atoms with Gasteiger partial charge in [-0.25, -0.2) is 13.1 Å². The largest absolute Gasteiger partial charge is 0.483 e. The summed E-state index contributed by atoms with van der Waals surface area (Å²) in [6.07, 6.45) is 4.27. The zero-order chi connectivity index (χ0) is 26.1. The highest BCUT2D eigenvalue weighted by atomic mass is 32.2. The number of amides is 1. The van der Waals surface area contributed by atoms with Crippen LogP contribution in [0.2, 0.25) is 0 Å². The SMILES string of the molecule is Cc1cc(S(=O)(=O)NCc2ccccc2)ccc1OCC(=O)N1CCN(C/C=C/c2ccccc2)CC1. The van der Waals surface area contributed by atoms with Gasteiger partial charge in [0.2, 0.25) is 10.0 Å². The van der Waals surface area contributed by atoms with Crippen LogP contribution < -0.4 is 9.46 Å². The van der Waals surface area contributed by atoms with E-state index in [2.05, 4.69) is 33.9 Å². The number of hydrogen-bond donors (Lipinski definition) is 1. The summed E-state index contributed by atoms with van der Waals surface area (Å²) >= 11 is 0. The first-order chi connectivity index (χ1) is 17.9. The number of nitrogens with one attached hydrogen (secondary N) is 1. The Morgan fingerprint density at radius 3 is 2.30 bits per heavy atom. The van der Waals surface area contributed by atoms with Crippen LogP contribution in [0.1, 0.15) is 16.7 Å². The van der Waals surface area contributed by atoms with Crippen LogP contribution in [0.4, 0.5) is 0 Å². The number of piperazine rings is 1. The van der Waals surface area contributed by atoms with Crippen LogP contribution in [0.15, 0.2) is 89.8 Å². The molecule has 8 heteroatoms. The van der Waals surface area contributed by atoms with E-state index in [1.165, 1.54) is 11.6 Å². The molecule has 0 spiro atoms. The maximum atomic E-state index is 12.7. The maximum Gasteiger partial charge on any atom is 0.260 e. The third-order valence-electron chi connectivity index (χ3n) is 6.32. The Bertz CT molecular complexity index is 1300. The van der Waals surface area contributed by atoms with Crippen LogP contribution in [0.5, 0.6) is 5.75 Å². The van der Waals surface area contributed by atoms with E-state index < -0.39 is 10.0 Å². The van der Waals surface area contributed by atoms with E-state index >= 15 is 0 Å². The van der Waals surface area contributed by atoms with Crippen LogP contribution in [0.3, 0.4) is 0 Å². The second-order valence-corrected chi connectivity index (χ2v) is 10.8. The average molecular weight is 520 g/mol. The van der Waals surface area contributed by atoms with Gasteiger partial charge in [-0.2, -0.15) is 0 Å². The number of nitrogens with zero attached hydrogens (tertiary/aromatic N) is 2. The van der Waals surface area contributed by atoms with Crippen molar-refractivity contribution < 1.29 is 17.9 Å². The van der Waals surface area contributed by atoms with Crippen LogP contribution in [0.25, 0.3) is 6.08 Å². The van der Waals surface area contributed by atoms with Gasteiger partial charge in [-0.05, 0) is 41.8 Å². The lowest BCUT2D eigenvalue weighted by atomic mass is 10.2. The number of carbonyl (C=O) groups is 1. The smallest absolute Gasteiger partial charge is 0.260 e. The fourth-order valence-corrected chi connectivity index (χ4v) is 5.22. The summed E-state index contributed by atoms with van der Waals surface area (Å²) in [6, 6.07) is 24.2. The number of carbonyl (C=O) groups excluding carboxylic acids is 1. The highest BCUT2D eigenvalue weighted by Gasteiger charge is 2.21. The number of ether oxygens (including phenoxy) is 1. The number of aryl methyl sites for hydroxylation is 1. The van der Waals surface area contributed by atoms with Crippen molar-refractivity contribution in [2.45, 2.75) is 18.4 Å². The lowest BCUT2D eigenvalue weighted by molar-refractivity contribution is -0.135. The van der Waals surface area contributed by atoms with Crippen molar-refractivity contribution in [3.05, 3.63) is 102 Å². The minimum Gasteiger partial charge on any atom is -0.483 e. The number of rotatable bonds is 10. The Kier molecular flexibility index (Phi) is 9.11. The first kappa shape index (κ1) is 26.6. The quantitative estimate of drug-likeness (QED) is 0.442. The van der Waals surface area contributed by atoms with Crippen molar-refractivity contribution in [3.63, 3.8) is 0 Å². The van der Waals surface area contributed by atoms with E-state index in [1.807, 2.05) is 53.4 Å². The Morgan fingerprint density at radius 1 is 0.946 bits per heavy atom. The van der Waals surface area contributed by atoms with Crippen molar-refractivity contribution in [2.24, 2.45) is 0 Å². The summed E-state index contributed by atoms with van der Waals surface area (Å²) in [5.74, 6) is 0.431. The van der Waals surface area contributed by atoms with E-state index in [9.17, 15) is 13.2 Å². The summed E-state index contributed by atoms with van der Waals surface area (Å²) < 4.78 is 33.7. The lowest BCUT2D eigenvalue weighted by Crippen LogP contribution is -2.49. The van der Waals surface area contributed by atoms with E-state index in [1.54, 1.807) is 19.1 Å². The molecule has 3 aromatic carbocycles. The molecular formula is C29H33N3O4S. The molecule has 1 amide bonds.